The number of rotatable bonds is 5. The predicted octanol–water partition coefficient (Wildman–Crippen LogP) is 2.08. The lowest BCUT2D eigenvalue weighted by Gasteiger charge is -2.21. The van der Waals surface area contributed by atoms with Gasteiger partial charge in [-0.05, 0) is 29.8 Å². The van der Waals surface area contributed by atoms with E-state index in [1.807, 2.05) is 49.4 Å². The molecule has 2 heterocycles. The molecule has 0 bridgehead atoms. The molecule has 0 spiro atoms. The number of carbonyl (C=O) groups excluding carboxylic acids is 1. The van der Waals surface area contributed by atoms with Gasteiger partial charge in [0.25, 0.3) is 0 Å². The van der Waals surface area contributed by atoms with Gasteiger partial charge >= 0.3 is 0 Å². The molecule has 8 nitrogen and oxygen atoms in total. The zero-order chi connectivity index (χ0) is 19.5. The van der Waals surface area contributed by atoms with Crippen LogP contribution < -0.4 is 9.47 Å². The van der Waals surface area contributed by atoms with Crippen molar-refractivity contribution in [3.05, 3.63) is 53.6 Å². The van der Waals surface area contributed by atoms with Crippen LogP contribution in [0.1, 0.15) is 11.1 Å². The van der Waals surface area contributed by atoms with Crippen LogP contribution in [0.3, 0.4) is 0 Å². The van der Waals surface area contributed by atoms with E-state index in [2.05, 4.69) is 15.4 Å². The number of fused-ring (bicyclic) bond motifs is 1. The molecule has 0 saturated heterocycles. The molecule has 0 radical (unpaired) electrons. The second kappa shape index (κ2) is 7.67. The van der Waals surface area contributed by atoms with Crippen molar-refractivity contribution in [1.82, 2.24) is 25.1 Å². The third-order valence-electron chi connectivity index (χ3n) is 4.49. The first-order valence-corrected chi connectivity index (χ1v) is 9.06. The maximum absolute atomic E-state index is 12.5. The number of hydrogen-bond donors (Lipinski definition) is 0. The van der Waals surface area contributed by atoms with Crippen molar-refractivity contribution in [1.29, 1.82) is 0 Å². The van der Waals surface area contributed by atoms with Crippen LogP contribution in [0.5, 0.6) is 11.5 Å². The minimum Gasteiger partial charge on any atom is -0.486 e. The first-order chi connectivity index (χ1) is 13.6. The van der Waals surface area contributed by atoms with E-state index in [1.54, 1.807) is 11.9 Å². The standard InChI is InChI=1S/C20H21N5O3/c1-14-3-6-16(7-4-14)20-21-23-25(22-20)13-19(26)24(2)12-15-5-8-17-18(11-15)28-10-9-27-17/h3-8,11H,9-10,12-13H2,1-2H3. The summed E-state index contributed by atoms with van der Waals surface area (Å²) in [6.07, 6.45) is 0. The molecule has 8 heteroatoms. The second-order valence-electron chi connectivity index (χ2n) is 6.74. The van der Waals surface area contributed by atoms with Gasteiger partial charge in [-0.15, -0.1) is 10.2 Å². The zero-order valence-electron chi connectivity index (χ0n) is 15.8. The minimum absolute atomic E-state index is 0.0277. The van der Waals surface area contributed by atoms with E-state index in [0.29, 0.717) is 31.3 Å². The van der Waals surface area contributed by atoms with Crippen molar-refractivity contribution in [3.63, 3.8) is 0 Å². The highest BCUT2D eigenvalue weighted by Gasteiger charge is 2.16. The Morgan fingerprint density at radius 3 is 2.64 bits per heavy atom. The van der Waals surface area contributed by atoms with Gasteiger partial charge in [-0.1, -0.05) is 35.9 Å². The molecule has 0 unspecified atom stereocenters. The highest BCUT2D eigenvalue weighted by Crippen LogP contribution is 2.31. The van der Waals surface area contributed by atoms with Gasteiger partial charge in [0.05, 0.1) is 0 Å². The Morgan fingerprint density at radius 1 is 1.11 bits per heavy atom. The third kappa shape index (κ3) is 3.95. The summed E-state index contributed by atoms with van der Waals surface area (Å²) in [5, 5.41) is 12.3. The minimum atomic E-state index is -0.109. The molecule has 0 saturated carbocycles. The summed E-state index contributed by atoms with van der Waals surface area (Å²) in [6, 6.07) is 13.6. The highest BCUT2D eigenvalue weighted by atomic mass is 16.6. The quantitative estimate of drug-likeness (QED) is 0.675. The van der Waals surface area contributed by atoms with E-state index < -0.39 is 0 Å². The molecule has 28 heavy (non-hydrogen) atoms. The number of amides is 1. The molecule has 1 aromatic heterocycles. The van der Waals surface area contributed by atoms with Crippen LogP contribution in [0.15, 0.2) is 42.5 Å². The number of benzene rings is 2. The normalized spacial score (nSPS) is 12.6. The van der Waals surface area contributed by atoms with Crippen molar-refractivity contribution in [2.24, 2.45) is 0 Å². The number of hydrogen-bond acceptors (Lipinski definition) is 6. The maximum Gasteiger partial charge on any atom is 0.246 e. The van der Waals surface area contributed by atoms with Crippen LogP contribution in [-0.4, -0.2) is 51.3 Å². The SMILES string of the molecule is Cc1ccc(-c2nnn(CC(=O)N(C)Cc3ccc4c(c3)OCCO4)n2)cc1. The van der Waals surface area contributed by atoms with Crippen LogP contribution in [0.4, 0.5) is 0 Å². The number of ether oxygens (including phenoxy) is 2. The van der Waals surface area contributed by atoms with Gasteiger partial charge in [0, 0.05) is 19.2 Å². The van der Waals surface area contributed by atoms with E-state index in [1.165, 1.54) is 4.80 Å². The molecule has 1 aliphatic heterocycles. The fourth-order valence-corrected chi connectivity index (χ4v) is 2.92. The molecule has 3 aromatic rings. The fraction of sp³-hybridized carbons (Fsp3) is 0.300. The van der Waals surface area contributed by atoms with E-state index in [0.717, 1.165) is 22.4 Å². The van der Waals surface area contributed by atoms with Crippen molar-refractivity contribution in [2.45, 2.75) is 20.0 Å². The first kappa shape index (κ1) is 18.0. The summed E-state index contributed by atoms with van der Waals surface area (Å²) in [7, 11) is 1.75. The number of carbonyl (C=O) groups is 1. The zero-order valence-corrected chi connectivity index (χ0v) is 15.8. The lowest BCUT2D eigenvalue weighted by atomic mass is 10.1. The summed E-state index contributed by atoms with van der Waals surface area (Å²) < 4.78 is 11.1. The molecule has 0 atom stereocenters. The molecular weight excluding hydrogens is 358 g/mol. The molecule has 1 amide bonds. The Labute approximate surface area is 162 Å². The molecule has 4 rings (SSSR count). The van der Waals surface area contributed by atoms with E-state index in [-0.39, 0.29) is 12.5 Å². The highest BCUT2D eigenvalue weighted by molar-refractivity contribution is 5.75. The van der Waals surface area contributed by atoms with Gasteiger partial charge in [0.1, 0.15) is 19.8 Å². The largest absolute Gasteiger partial charge is 0.486 e. The summed E-state index contributed by atoms with van der Waals surface area (Å²) in [5.74, 6) is 1.84. The average Bonchev–Trinajstić information content (AvgIpc) is 3.17. The van der Waals surface area contributed by atoms with Crippen LogP contribution in [0.25, 0.3) is 11.4 Å². The first-order valence-electron chi connectivity index (χ1n) is 9.06. The molecule has 144 valence electrons. The Kier molecular flexibility index (Phi) is 4.92. The Morgan fingerprint density at radius 2 is 1.86 bits per heavy atom. The van der Waals surface area contributed by atoms with Crippen LogP contribution in [-0.2, 0) is 17.9 Å². The van der Waals surface area contributed by atoms with Gasteiger partial charge in [-0.25, -0.2) is 0 Å². The third-order valence-corrected chi connectivity index (χ3v) is 4.49. The lowest BCUT2D eigenvalue weighted by Crippen LogP contribution is -2.30. The predicted molar refractivity (Wildman–Crippen MR) is 102 cm³/mol. The van der Waals surface area contributed by atoms with Crippen LogP contribution in [0.2, 0.25) is 0 Å². The number of aromatic nitrogens is 4. The van der Waals surface area contributed by atoms with Gasteiger partial charge < -0.3 is 14.4 Å². The smallest absolute Gasteiger partial charge is 0.246 e. The van der Waals surface area contributed by atoms with Crippen molar-refractivity contribution >= 4 is 5.91 Å². The van der Waals surface area contributed by atoms with Crippen molar-refractivity contribution in [2.75, 3.05) is 20.3 Å². The second-order valence-corrected chi connectivity index (χ2v) is 6.74. The van der Waals surface area contributed by atoms with Gasteiger partial charge in [-0.2, -0.15) is 4.80 Å². The van der Waals surface area contributed by atoms with E-state index in [4.69, 9.17) is 9.47 Å². The number of tetrazole rings is 1. The number of nitrogens with zero attached hydrogens (tertiary/aromatic N) is 5. The Bertz CT molecular complexity index is 984. The number of aryl methyl sites for hydroxylation is 1. The molecule has 0 fully saturated rings. The maximum atomic E-state index is 12.5. The fourth-order valence-electron chi connectivity index (χ4n) is 2.92. The molecule has 0 N–H and O–H groups in total. The van der Waals surface area contributed by atoms with E-state index in [9.17, 15) is 4.79 Å². The summed E-state index contributed by atoms with van der Waals surface area (Å²) >= 11 is 0. The van der Waals surface area contributed by atoms with Crippen molar-refractivity contribution < 1.29 is 14.3 Å². The van der Waals surface area contributed by atoms with E-state index >= 15 is 0 Å². The molecule has 0 aliphatic carbocycles. The molecule has 1 aliphatic rings. The molecular formula is C20H21N5O3. The van der Waals surface area contributed by atoms with Crippen LogP contribution >= 0.6 is 0 Å². The van der Waals surface area contributed by atoms with Gasteiger partial charge in [0.2, 0.25) is 11.7 Å². The van der Waals surface area contributed by atoms with Crippen molar-refractivity contribution in [3.8, 4) is 22.9 Å². The topological polar surface area (TPSA) is 82.4 Å². The monoisotopic (exact) mass is 379 g/mol. The number of likely N-dealkylation sites (N-methyl/N-ethyl adjacent to an activating group) is 1. The van der Waals surface area contributed by atoms with Crippen LogP contribution in [0, 0.1) is 6.92 Å². The Balaban J connectivity index is 1.39. The summed E-state index contributed by atoms with van der Waals surface area (Å²) in [6.45, 7) is 3.59. The molecule has 2 aromatic carbocycles. The van der Waals surface area contributed by atoms with Gasteiger partial charge in [-0.3, -0.25) is 4.79 Å². The summed E-state index contributed by atoms with van der Waals surface area (Å²) in [4.78, 5) is 15.5. The van der Waals surface area contributed by atoms with Gasteiger partial charge in [0.15, 0.2) is 11.5 Å². The Hall–Kier alpha value is -3.42. The lowest BCUT2D eigenvalue weighted by molar-refractivity contribution is -0.131. The average molecular weight is 379 g/mol. The summed E-state index contributed by atoms with van der Waals surface area (Å²) in [5.41, 5.74) is 2.99.